The maximum Gasteiger partial charge on any atom is 0.406 e. The first-order valence-electron chi connectivity index (χ1n) is 11.9. The Morgan fingerprint density at radius 1 is 1.14 bits per heavy atom. The summed E-state index contributed by atoms with van der Waals surface area (Å²) in [7, 11) is 3.64. The molecule has 0 atom stereocenters. The molecule has 6 nitrogen and oxygen atoms in total. The molecule has 1 aliphatic heterocycles. The van der Waals surface area contributed by atoms with Crippen LogP contribution in [-0.4, -0.2) is 49.4 Å². The van der Waals surface area contributed by atoms with Crippen molar-refractivity contribution < 1.29 is 17.9 Å². The summed E-state index contributed by atoms with van der Waals surface area (Å²) in [4.78, 5) is 3.11. The first-order valence-corrected chi connectivity index (χ1v) is 12.8. The van der Waals surface area contributed by atoms with Crippen LogP contribution in [0.15, 0.2) is 59.1 Å². The Bertz CT molecular complexity index is 1340. The molecule has 0 unspecified atom stereocenters. The smallest absolute Gasteiger partial charge is 0.406 e. The summed E-state index contributed by atoms with van der Waals surface area (Å²) >= 11 is 1.11. The van der Waals surface area contributed by atoms with Gasteiger partial charge in [-0.3, -0.25) is 5.14 Å². The lowest BCUT2D eigenvalue weighted by atomic mass is 10.2. The van der Waals surface area contributed by atoms with Crippen LogP contribution in [0.1, 0.15) is 18.5 Å². The lowest BCUT2D eigenvalue weighted by Crippen LogP contribution is -2.19. The SMILES string of the molecule is COc1cc(SN)ccc1NCC#Cc1cc2c(NC3=CCCN(C)CC3)cccc2n1CC(F)(F)F. The highest BCUT2D eigenvalue weighted by atomic mass is 32.2. The molecule has 0 spiro atoms. The fourth-order valence-corrected chi connectivity index (χ4v) is 4.60. The van der Waals surface area contributed by atoms with Gasteiger partial charge in [-0.05, 0) is 74.2 Å². The van der Waals surface area contributed by atoms with Crippen molar-refractivity contribution in [2.45, 2.75) is 30.5 Å². The molecule has 196 valence electrons. The van der Waals surface area contributed by atoms with E-state index in [0.29, 0.717) is 22.3 Å². The van der Waals surface area contributed by atoms with Crippen LogP contribution < -0.4 is 20.5 Å². The quantitative estimate of drug-likeness (QED) is 0.271. The normalized spacial score (nSPS) is 14.5. The Morgan fingerprint density at radius 2 is 1.97 bits per heavy atom. The molecule has 1 aliphatic rings. The van der Waals surface area contributed by atoms with Crippen molar-refractivity contribution >= 4 is 34.2 Å². The predicted molar refractivity (Wildman–Crippen MR) is 145 cm³/mol. The van der Waals surface area contributed by atoms with E-state index >= 15 is 0 Å². The second kappa shape index (κ2) is 11.9. The number of halogens is 3. The van der Waals surface area contributed by atoms with Gasteiger partial charge in [-0.2, -0.15) is 13.2 Å². The van der Waals surface area contributed by atoms with E-state index in [1.165, 1.54) is 4.57 Å². The van der Waals surface area contributed by atoms with E-state index in [4.69, 9.17) is 9.88 Å². The third-order valence-corrected chi connectivity index (χ3v) is 6.66. The Labute approximate surface area is 219 Å². The molecule has 10 heteroatoms. The second-order valence-electron chi connectivity index (χ2n) is 8.80. The number of hydrogen-bond acceptors (Lipinski definition) is 6. The molecule has 3 aromatic rings. The van der Waals surface area contributed by atoms with Gasteiger partial charge in [0, 0.05) is 34.8 Å². The van der Waals surface area contributed by atoms with E-state index in [-0.39, 0.29) is 6.54 Å². The summed E-state index contributed by atoms with van der Waals surface area (Å²) in [5.74, 6) is 6.51. The van der Waals surface area contributed by atoms with Gasteiger partial charge in [0.1, 0.15) is 12.3 Å². The molecular weight excluding hydrogens is 499 g/mol. The Hall–Kier alpha value is -3.26. The first-order chi connectivity index (χ1) is 17.8. The number of rotatable bonds is 7. The van der Waals surface area contributed by atoms with E-state index in [2.05, 4.69) is 40.5 Å². The van der Waals surface area contributed by atoms with Crippen LogP contribution in [0.5, 0.6) is 5.75 Å². The fourth-order valence-electron chi connectivity index (χ4n) is 4.28. The molecule has 4 N–H and O–H groups in total. The zero-order valence-electron chi connectivity index (χ0n) is 20.8. The first kappa shape index (κ1) is 26.8. The molecule has 0 fully saturated rings. The highest BCUT2D eigenvalue weighted by Gasteiger charge is 2.30. The molecule has 1 aromatic heterocycles. The van der Waals surface area contributed by atoms with Gasteiger partial charge in [-0.15, -0.1) is 0 Å². The predicted octanol–water partition coefficient (Wildman–Crippen LogP) is 5.66. The molecule has 4 rings (SSSR count). The molecular formula is C27H30F3N5OS. The van der Waals surface area contributed by atoms with Crippen LogP contribution in [-0.2, 0) is 6.54 Å². The molecule has 0 aliphatic carbocycles. The minimum atomic E-state index is -4.38. The third-order valence-electron chi connectivity index (χ3n) is 6.14. The van der Waals surface area contributed by atoms with Crippen molar-refractivity contribution in [3.05, 3.63) is 59.9 Å². The Balaban J connectivity index is 1.61. The number of nitrogens with one attached hydrogen (secondary N) is 2. The topological polar surface area (TPSA) is 67.5 Å². The fraction of sp³-hybridized carbons (Fsp3) is 0.333. The average Bonchev–Trinajstić information content (AvgIpc) is 3.07. The maximum atomic E-state index is 13.5. The number of methoxy groups -OCH3 is 1. The number of alkyl halides is 3. The van der Waals surface area contributed by atoms with Gasteiger partial charge < -0.3 is 24.8 Å². The largest absolute Gasteiger partial charge is 0.495 e. The van der Waals surface area contributed by atoms with Crippen LogP contribution in [0.2, 0.25) is 0 Å². The van der Waals surface area contributed by atoms with Crippen LogP contribution in [0.25, 0.3) is 10.9 Å². The summed E-state index contributed by atoms with van der Waals surface area (Å²) in [6.07, 6.45) is -0.446. The van der Waals surface area contributed by atoms with Gasteiger partial charge in [0.15, 0.2) is 0 Å². The molecule has 2 heterocycles. The van der Waals surface area contributed by atoms with E-state index in [1.54, 1.807) is 31.4 Å². The average molecular weight is 530 g/mol. The summed E-state index contributed by atoms with van der Waals surface area (Å²) in [5.41, 5.74) is 3.37. The van der Waals surface area contributed by atoms with Crippen LogP contribution in [0, 0.1) is 11.8 Å². The molecule has 0 saturated heterocycles. The second-order valence-corrected chi connectivity index (χ2v) is 9.51. The van der Waals surface area contributed by atoms with Gasteiger partial charge in [0.25, 0.3) is 0 Å². The van der Waals surface area contributed by atoms with Crippen LogP contribution in [0.4, 0.5) is 24.5 Å². The minimum Gasteiger partial charge on any atom is -0.495 e. The van der Waals surface area contributed by atoms with Gasteiger partial charge >= 0.3 is 6.18 Å². The van der Waals surface area contributed by atoms with Gasteiger partial charge in [0.05, 0.1) is 30.6 Å². The third kappa shape index (κ3) is 6.95. The number of fused-ring (bicyclic) bond motifs is 1. The van der Waals surface area contributed by atoms with Gasteiger partial charge in [-0.1, -0.05) is 18.1 Å². The van der Waals surface area contributed by atoms with Crippen LogP contribution in [0.3, 0.4) is 0 Å². The molecule has 0 radical (unpaired) electrons. The monoisotopic (exact) mass is 529 g/mol. The lowest BCUT2D eigenvalue weighted by molar-refractivity contribution is -0.140. The number of nitrogens with zero attached hydrogens (tertiary/aromatic N) is 2. The van der Waals surface area contributed by atoms with Crippen molar-refractivity contribution in [2.75, 3.05) is 44.4 Å². The summed E-state index contributed by atoms with van der Waals surface area (Å²) in [6.45, 7) is 1.01. The maximum absolute atomic E-state index is 13.5. The highest BCUT2D eigenvalue weighted by Crippen LogP contribution is 2.32. The van der Waals surface area contributed by atoms with E-state index in [1.807, 2.05) is 18.2 Å². The van der Waals surface area contributed by atoms with Crippen molar-refractivity contribution in [1.29, 1.82) is 0 Å². The molecule has 0 saturated carbocycles. The zero-order chi connectivity index (χ0) is 26.4. The van der Waals surface area contributed by atoms with Crippen molar-refractivity contribution in [3.63, 3.8) is 0 Å². The number of anilines is 2. The minimum absolute atomic E-state index is 0.227. The van der Waals surface area contributed by atoms with E-state index in [0.717, 1.165) is 59.8 Å². The number of nitrogens with two attached hydrogens (primary N) is 1. The molecule has 0 amide bonds. The Morgan fingerprint density at radius 3 is 2.73 bits per heavy atom. The number of aromatic nitrogens is 1. The molecule has 0 bridgehead atoms. The summed E-state index contributed by atoms with van der Waals surface area (Å²) < 4.78 is 47.1. The highest BCUT2D eigenvalue weighted by molar-refractivity contribution is 7.97. The van der Waals surface area contributed by atoms with Crippen molar-refractivity contribution in [2.24, 2.45) is 5.14 Å². The van der Waals surface area contributed by atoms with Crippen LogP contribution >= 0.6 is 11.9 Å². The molecule has 37 heavy (non-hydrogen) atoms. The number of ether oxygens (including phenoxy) is 1. The van der Waals surface area contributed by atoms with E-state index < -0.39 is 12.7 Å². The van der Waals surface area contributed by atoms with E-state index in [9.17, 15) is 13.2 Å². The number of hydrogen-bond donors (Lipinski definition) is 3. The van der Waals surface area contributed by atoms with Gasteiger partial charge in [-0.25, -0.2) is 0 Å². The number of benzene rings is 2. The summed E-state index contributed by atoms with van der Waals surface area (Å²) in [6, 6.07) is 12.6. The van der Waals surface area contributed by atoms with Crippen molar-refractivity contribution in [3.8, 4) is 17.6 Å². The summed E-state index contributed by atoms with van der Waals surface area (Å²) in [5, 5.41) is 12.9. The standard InChI is InChI=1S/C27H30F3N5OS/c1-34-14-5-6-19(12-15-34)33-23-8-3-9-25-22(23)16-20(35(25)18-27(28,29)30)7-4-13-32-24-11-10-21(37-31)17-26(24)36-2/h3,6,8-11,16-17,32-33H,5,12-15,18,31H2,1-2H3. The van der Waals surface area contributed by atoms with Gasteiger partial charge in [0.2, 0.25) is 0 Å². The Kier molecular flexibility index (Phi) is 8.59. The zero-order valence-corrected chi connectivity index (χ0v) is 21.6. The van der Waals surface area contributed by atoms with Crippen molar-refractivity contribution in [1.82, 2.24) is 9.47 Å². The lowest BCUT2D eigenvalue weighted by Gasteiger charge is -2.14. The molecule has 2 aromatic carbocycles.